The van der Waals surface area contributed by atoms with Gasteiger partial charge in [0, 0.05) is 25.1 Å². The standard InChI is InChI=1S/C10H11F2N3O/c11-10(12)5-7(6-10)14-9(16)15-8-3-1-2-4-13-8/h1-4,7H,5-6H2,(H2,13,14,15,16). The van der Waals surface area contributed by atoms with Gasteiger partial charge in [-0.25, -0.2) is 18.6 Å². The van der Waals surface area contributed by atoms with Crippen molar-refractivity contribution < 1.29 is 13.6 Å². The smallest absolute Gasteiger partial charge is 0.320 e. The molecule has 86 valence electrons. The first-order valence-electron chi connectivity index (χ1n) is 4.91. The maximum absolute atomic E-state index is 12.5. The van der Waals surface area contributed by atoms with Crippen LogP contribution in [0.5, 0.6) is 0 Å². The SMILES string of the molecule is O=C(Nc1ccccn1)NC1CC(F)(F)C1. The highest BCUT2D eigenvalue weighted by Crippen LogP contribution is 2.37. The summed E-state index contributed by atoms with van der Waals surface area (Å²) in [6.07, 6.45) is 0.957. The van der Waals surface area contributed by atoms with E-state index < -0.39 is 18.0 Å². The number of nitrogens with zero attached hydrogens (tertiary/aromatic N) is 1. The summed E-state index contributed by atoms with van der Waals surface area (Å²) >= 11 is 0. The monoisotopic (exact) mass is 227 g/mol. The summed E-state index contributed by atoms with van der Waals surface area (Å²) in [5.41, 5.74) is 0. The van der Waals surface area contributed by atoms with Gasteiger partial charge >= 0.3 is 6.03 Å². The van der Waals surface area contributed by atoms with Crippen molar-refractivity contribution in [3.63, 3.8) is 0 Å². The van der Waals surface area contributed by atoms with E-state index >= 15 is 0 Å². The highest BCUT2D eigenvalue weighted by atomic mass is 19.3. The van der Waals surface area contributed by atoms with Crippen LogP contribution in [-0.2, 0) is 0 Å². The molecule has 1 aromatic heterocycles. The number of hydrogen-bond acceptors (Lipinski definition) is 2. The fourth-order valence-corrected chi connectivity index (χ4v) is 1.54. The number of alkyl halides is 2. The summed E-state index contributed by atoms with van der Waals surface area (Å²) in [7, 11) is 0. The van der Waals surface area contributed by atoms with Crippen LogP contribution >= 0.6 is 0 Å². The number of rotatable bonds is 2. The molecule has 6 heteroatoms. The summed E-state index contributed by atoms with van der Waals surface area (Å²) in [4.78, 5) is 15.2. The first-order chi connectivity index (χ1) is 7.55. The molecular formula is C10H11F2N3O. The summed E-state index contributed by atoms with van der Waals surface area (Å²) in [6, 6.07) is 4.11. The molecule has 0 saturated heterocycles. The molecule has 0 aromatic carbocycles. The Morgan fingerprint density at radius 2 is 2.19 bits per heavy atom. The number of hydrogen-bond donors (Lipinski definition) is 2. The van der Waals surface area contributed by atoms with Gasteiger partial charge in [-0.15, -0.1) is 0 Å². The van der Waals surface area contributed by atoms with E-state index in [-0.39, 0.29) is 12.8 Å². The lowest BCUT2D eigenvalue weighted by atomic mass is 9.88. The number of aromatic nitrogens is 1. The van der Waals surface area contributed by atoms with Gasteiger partial charge in [0.2, 0.25) is 0 Å². The lowest BCUT2D eigenvalue weighted by Gasteiger charge is -2.35. The van der Waals surface area contributed by atoms with Gasteiger partial charge in [0.25, 0.3) is 5.92 Å². The number of nitrogens with one attached hydrogen (secondary N) is 2. The number of urea groups is 1. The number of anilines is 1. The highest BCUT2D eigenvalue weighted by Gasteiger charge is 2.45. The van der Waals surface area contributed by atoms with E-state index in [1.54, 1.807) is 18.2 Å². The van der Waals surface area contributed by atoms with Gasteiger partial charge in [0.15, 0.2) is 0 Å². The van der Waals surface area contributed by atoms with Crippen LogP contribution < -0.4 is 10.6 Å². The van der Waals surface area contributed by atoms with Gasteiger partial charge in [-0.1, -0.05) is 6.07 Å². The van der Waals surface area contributed by atoms with E-state index in [0.717, 1.165) is 0 Å². The molecule has 1 saturated carbocycles. The van der Waals surface area contributed by atoms with Crippen molar-refractivity contribution in [2.24, 2.45) is 0 Å². The average molecular weight is 227 g/mol. The van der Waals surface area contributed by atoms with Crippen LogP contribution in [0.3, 0.4) is 0 Å². The van der Waals surface area contributed by atoms with Crippen molar-refractivity contribution in [1.29, 1.82) is 0 Å². The number of pyridine rings is 1. The zero-order chi connectivity index (χ0) is 11.6. The molecule has 0 aliphatic heterocycles. The van der Waals surface area contributed by atoms with Crippen LogP contribution in [0.25, 0.3) is 0 Å². The van der Waals surface area contributed by atoms with Crippen molar-refractivity contribution >= 4 is 11.8 Å². The summed E-state index contributed by atoms with van der Waals surface area (Å²) in [6.45, 7) is 0. The van der Waals surface area contributed by atoms with Crippen LogP contribution in [0, 0.1) is 0 Å². The van der Waals surface area contributed by atoms with Crippen molar-refractivity contribution in [1.82, 2.24) is 10.3 Å². The van der Waals surface area contributed by atoms with E-state index in [4.69, 9.17) is 0 Å². The van der Waals surface area contributed by atoms with Gasteiger partial charge in [0.1, 0.15) is 5.82 Å². The fourth-order valence-electron chi connectivity index (χ4n) is 1.54. The summed E-state index contributed by atoms with van der Waals surface area (Å²) in [5, 5.41) is 4.91. The predicted molar refractivity (Wildman–Crippen MR) is 54.4 cm³/mol. The second-order valence-electron chi connectivity index (χ2n) is 3.77. The minimum Gasteiger partial charge on any atom is -0.335 e. The first-order valence-corrected chi connectivity index (χ1v) is 4.91. The van der Waals surface area contributed by atoms with Crippen LogP contribution in [0.2, 0.25) is 0 Å². The van der Waals surface area contributed by atoms with Crippen molar-refractivity contribution in [3.8, 4) is 0 Å². The van der Waals surface area contributed by atoms with Gasteiger partial charge in [-0.05, 0) is 12.1 Å². The molecule has 2 rings (SSSR count). The van der Waals surface area contributed by atoms with Crippen LogP contribution in [0.15, 0.2) is 24.4 Å². The lowest BCUT2D eigenvalue weighted by molar-refractivity contribution is -0.0893. The molecule has 2 N–H and O–H groups in total. The average Bonchev–Trinajstić information content (AvgIpc) is 2.16. The van der Waals surface area contributed by atoms with Gasteiger partial charge in [0.05, 0.1) is 0 Å². The third kappa shape index (κ3) is 2.65. The number of amides is 2. The Morgan fingerprint density at radius 1 is 1.44 bits per heavy atom. The Balaban J connectivity index is 1.78. The normalized spacial score (nSPS) is 18.6. The molecule has 1 heterocycles. The Labute approximate surface area is 91.1 Å². The molecular weight excluding hydrogens is 216 g/mol. The molecule has 16 heavy (non-hydrogen) atoms. The molecule has 1 aliphatic rings. The second-order valence-corrected chi connectivity index (χ2v) is 3.77. The minimum absolute atomic E-state index is 0.289. The van der Waals surface area contributed by atoms with E-state index in [1.165, 1.54) is 6.20 Å². The van der Waals surface area contributed by atoms with Crippen molar-refractivity contribution in [2.45, 2.75) is 24.8 Å². The Hall–Kier alpha value is -1.72. The van der Waals surface area contributed by atoms with E-state index in [2.05, 4.69) is 15.6 Å². The Morgan fingerprint density at radius 3 is 2.75 bits per heavy atom. The van der Waals surface area contributed by atoms with E-state index in [0.29, 0.717) is 5.82 Å². The predicted octanol–water partition coefficient (Wildman–Crippen LogP) is 2.00. The zero-order valence-corrected chi connectivity index (χ0v) is 8.41. The maximum atomic E-state index is 12.5. The van der Waals surface area contributed by atoms with Crippen LogP contribution in [-0.4, -0.2) is 23.0 Å². The van der Waals surface area contributed by atoms with E-state index in [9.17, 15) is 13.6 Å². The van der Waals surface area contributed by atoms with Crippen molar-refractivity contribution in [2.75, 3.05) is 5.32 Å². The summed E-state index contributed by atoms with van der Waals surface area (Å²) in [5.74, 6) is -2.23. The minimum atomic E-state index is -2.62. The number of carbonyl (C=O) groups excluding carboxylic acids is 1. The molecule has 1 aliphatic carbocycles. The number of halogens is 2. The molecule has 1 fully saturated rings. The molecule has 0 atom stereocenters. The van der Waals surface area contributed by atoms with Crippen LogP contribution in [0.4, 0.5) is 19.4 Å². The molecule has 0 unspecified atom stereocenters. The lowest BCUT2D eigenvalue weighted by Crippen LogP contribution is -2.51. The van der Waals surface area contributed by atoms with Crippen LogP contribution in [0.1, 0.15) is 12.8 Å². The Kier molecular flexibility index (Phi) is 2.72. The largest absolute Gasteiger partial charge is 0.335 e. The van der Waals surface area contributed by atoms with E-state index in [1.807, 2.05) is 0 Å². The van der Waals surface area contributed by atoms with Gasteiger partial charge in [-0.2, -0.15) is 0 Å². The topological polar surface area (TPSA) is 54.0 Å². The molecule has 4 nitrogen and oxygen atoms in total. The molecule has 2 amide bonds. The third-order valence-corrected chi connectivity index (χ3v) is 2.33. The molecule has 0 spiro atoms. The summed E-state index contributed by atoms with van der Waals surface area (Å²) < 4.78 is 25.0. The highest BCUT2D eigenvalue weighted by molar-refractivity contribution is 5.88. The molecule has 0 radical (unpaired) electrons. The number of carbonyl (C=O) groups is 1. The second kappa shape index (κ2) is 4.03. The zero-order valence-electron chi connectivity index (χ0n) is 8.41. The third-order valence-electron chi connectivity index (χ3n) is 2.33. The first kappa shape index (κ1) is 10.8. The molecule has 0 bridgehead atoms. The quantitative estimate of drug-likeness (QED) is 0.811. The van der Waals surface area contributed by atoms with Gasteiger partial charge < -0.3 is 5.32 Å². The maximum Gasteiger partial charge on any atom is 0.320 e. The fraction of sp³-hybridized carbons (Fsp3) is 0.400. The molecule has 1 aromatic rings. The van der Waals surface area contributed by atoms with Gasteiger partial charge in [-0.3, -0.25) is 5.32 Å². The van der Waals surface area contributed by atoms with Crippen molar-refractivity contribution in [3.05, 3.63) is 24.4 Å². The Bertz CT molecular complexity index is 375.